The fraction of sp³-hybridized carbons (Fsp3) is 0.414. The minimum absolute atomic E-state index is 0.236. The van der Waals surface area contributed by atoms with Crippen LogP contribution in [0.25, 0.3) is 17.0 Å². The van der Waals surface area contributed by atoms with Crippen LogP contribution in [0.5, 0.6) is 0 Å². The van der Waals surface area contributed by atoms with Crippen LogP contribution in [0.3, 0.4) is 0 Å². The summed E-state index contributed by atoms with van der Waals surface area (Å²) in [5, 5.41) is 23.0. The first-order chi connectivity index (χ1) is 18.2. The van der Waals surface area contributed by atoms with Crippen LogP contribution in [-0.4, -0.2) is 75.3 Å². The third kappa shape index (κ3) is 5.80. The Labute approximate surface area is 219 Å². The van der Waals surface area contributed by atoms with E-state index in [4.69, 9.17) is 0 Å². The first-order valence-electron chi connectivity index (χ1n) is 13.0. The number of rotatable bonds is 6. The van der Waals surface area contributed by atoms with E-state index in [9.17, 15) is 28.2 Å². The lowest BCUT2D eigenvalue weighted by Gasteiger charge is -2.43. The van der Waals surface area contributed by atoms with E-state index >= 15 is 0 Å². The van der Waals surface area contributed by atoms with Crippen molar-refractivity contribution in [1.29, 1.82) is 0 Å². The number of carbonyl (C=O) groups is 1. The number of benzene rings is 2. The zero-order valence-electron chi connectivity index (χ0n) is 21.0. The van der Waals surface area contributed by atoms with Crippen molar-refractivity contribution in [2.75, 3.05) is 32.7 Å². The lowest BCUT2D eigenvalue weighted by atomic mass is 9.84. The highest BCUT2D eigenvalue weighted by Gasteiger charge is 2.40. The molecule has 3 aromatic rings. The highest BCUT2D eigenvalue weighted by Crippen LogP contribution is 2.34. The Morgan fingerprint density at radius 3 is 2.39 bits per heavy atom. The van der Waals surface area contributed by atoms with Crippen molar-refractivity contribution >= 4 is 22.9 Å². The molecule has 1 atom stereocenters. The highest BCUT2D eigenvalue weighted by molar-refractivity contribution is 5.91. The van der Waals surface area contributed by atoms with Crippen LogP contribution >= 0.6 is 0 Å². The molecule has 0 saturated carbocycles. The highest BCUT2D eigenvalue weighted by atomic mass is 19.1. The molecule has 2 aliphatic rings. The van der Waals surface area contributed by atoms with Gasteiger partial charge in [0.05, 0.1) is 11.7 Å². The molecule has 1 aromatic heterocycles. The average Bonchev–Trinajstić information content (AvgIpc) is 3.30. The predicted octanol–water partition coefficient (Wildman–Crippen LogP) is 4.19. The Morgan fingerprint density at radius 1 is 1.03 bits per heavy atom. The third-order valence-electron chi connectivity index (χ3n) is 8.00. The van der Waals surface area contributed by atoms with Crippen LogP contribution in [0.15, 0.2) is 48.7 Å². The van der Waals surface area contributed by atoms with Gasteiger partial charge in [-0.05, 0) is 92.2 Å². The Kier molecular flexibility index (Phi) is 7.61. The number of hydrogen-bond donors (Lipinski definition) is 3. The number of hydrogen-bond acceptors (Lipinski definition) is 4. The molecule has 1 unspecified atom stereocenters. The minimum atomic E-state index is -1.29. The van der Waals surface area contributed by atoms with Crippen molar-refractivity contribution in [3.63, 3.8) is 0 Å². The largest absolute Gasteiger partial charge is 0.389 e. The molecule has 2 aliphatic heterocycles. The van der Waals surface area contributed by atoms with Gasteiger partial charge < -0.3 is 25.0 Å². The summed E-state index contributed by atoms with van der Waals surface area (Å²) in [6.07, 6.45) is 5.85. The van der Waals surface area contributed by atoms with E-state index in [0.717, 1.165) is 60.6 Å². The topological polar surface area (TPSA) is 79.8 Å². The Bertz CT molecular complexity index is 1300. The molecule has 0 bridgehead atoms. The van der Waals surface area contributed by atoms with Crippen LogP contribution in [0, 0.1) is 17.5 Å². The molecule has 2 aromatic carbocycles. The first-order valence-corrected chi connectivity index (χ1v) is 13.0. The molecule has 0 spiro atoms. The molecule has 2 saturated heterocycles. The molecule has 2 fully saturated rings. The van der Waals surface area contributed by atoms with Gasteiger partial charge in [-0.25, -0.2) is 13.2 Å². The lowest BCUT2D eigenvalue weighted by Crippen LogP contribution is -2.56. The monoisotopic (exact) mass is 527 g/mol. The van der Waals surface area contributed by atoms with Crippen molar-refractivity contribution in [3.8, 4) is 0 Å². The Morgan fingerprint density at radius 2 is 1.71 bits per heavy atom. The van der Waals surface area contributed by atoms with E-state index in [1.807, 2.05) is 6.20 Å². The Hall–Kier alpha value is -3.14. The molecule has 3 heterocycles. The van der Waals surface area contributed by atoms with Gasteiger partial charge in [0.1, 0.15) is 17.5 Å². The van der Waals surface area contributed by atoms with E-state index < -0.39 is 23.3 Å². The third-order valence-corrected chi connectivity index (χ3v) is 8.00. The molecule has 38 heavy (non-hydrogen) atoms. The summed E-state index contributed by atoms with van der Waals surface area (Å²) < 4.78 is 40.5. The SMILES string of the molecule is O=C(C=Cc1cc(F)cc(F)c1)N1CCC(O)(C(O)CN2CCC(c3c[nH]c4ccc(F)cc34)CC2)CC1. The average molecular weight is 528 g/mol. The van der Waals surface area contributed by atoms with E-state index in [0.29, 0.717) is 12.5 Å². The number of aliphatic hydroxyl groups is 2. The molecule has 3 N–H and O–H groups in total. The summed E-state index contributed by atoms with van der Waals surface area (Å²) in [6, 6.07) is 7.82. The van der Waals surface area contributed by atoms with Gasteiger partial charge in [0.25, 0.3) is 0 Å². The number of aromatic nitrogens is 1. The number of nitrogens with zero attached hydrogens (tertiary/aromatic N) is 2. The summed E-state index contributed by atoms with van der Waals surface area (Å²) in [5.74, 6) is -1.70. The maximum absolute atomic E-state index is 13.8. The summed E-state index contributed by atoms with van der Waals surface area (Å²) >= 11 is 0. The van der Waals surface area contributed by atoms with Crippen LogP contribution in [-0.2, 0) is 4.79 Å². The number of carbonyl (C=O) groups excluding carboxylic acids is 1. The van der Waals surface area contributed by atoms with Crippen molar-refractivity contribution in [1.82, 2.24) is 14.8 Å². The zero-order valence-corrected chi connectivity index (χ0v) is 21.0. The second kappa shape index (κ2) is 10.9. The smallest absolute Gasteiger partial charge is 0.246 e. The second-order valence-corrected chi connectivity index (χ2v) is 10.5. The van der Waals surface area contributed by atoms with Crippen molar-refractivity contribution < 1.29 is 28.2 Å². The van der Waals surface area contributed by atoms with Gasteiger partial charge in [0.2, 0.25) is 5.91 Å². The molecular formula is C29H32F3N3O3. The van der Waals surface area contributed by atoms with Gasteiger partial charge >= 0.3 is 0 Å². The molecule has 6 nitrogen and oxygen atoms in total. The van der Waals surface area contributed by atoms with E-state index in [2.05, 4.69) is 9.88 Å². The van der Waals surface area contributed by atoms with Gasteiger partial charge in [-0.2, -0.15) is 0 Å². The van der Waals surface area contributed by atoms with E-state index in [-0.39, 0.29) is 43.2 Å². The maximum Gasteiger partial charge on any atom is 0.246 e. The summed E-state index contributed by atoms with van der Waals surface area (Å²) in [7, 11) is 0. The number of piperidine rings is 2. The standard InChI is InChI=1S/C29H32F3N3O3/c30-21-2-3-26-24(16-21)25(17-33-26)20-5-9-34(10-6-20)18-27(36)29(38)7-11-35(12-8-29)28(37)4-1-19-13-22(31)15-23(32)14-19/h1-4,13-17,20,27,33,36,38H,5-12,18H2. The molecule has 9 heteroatoms. The van der Waals surface area contributed by atoms with Gasteiger partial charge in [-0.3, -0.25) is 4.79 Å². The first kappa shape index (κ1) is 26.5. The molecular weight excluding hydrogens is 495 g/mol. The van der Waals surface area contributed by atoms with Crippen molar-refractivity contribution in [2.45, 2.75) is 43.3 Å². The number of nitrogens with one attached hydrogen (secondary N) is 1. The van der Waals surface area contributed by atoms with Crippen LogP contribution < -0.4 is 0 Å². The number of halogens is 3. The van der Waals surface area contributed by atoms with Gasteiger partial charge in [-0.1, -0.05) is 0 Å². The lowest BCUT2D eigenvalue weighted by molar-refractivity contribution is -0.140. The number of fused-ring (bicyclic) bond motifs is 1. The Balaban J connectivity index is 1.11. The molecule has 202 valence electrons. The second-order valence-electron chi connectivity index (χ2n) is 10.5. The van der Waals surface area contributed by atoms with Crippen molar-refractivity contribution in [3.05, 3.63) is 77.2 Å². The van der Waals surface area contributed by atoms with Gasteiger partial charge in [-0.15, -0.1) is 0 Å². The van der Waals surface area contributed by atoms with E-state index in [1.54, 1.807) is 17.0 Å². The van der Waals surface area contributed by atoms with Crippen LogP contribution in [0.1, 0.15) is 42.7 Å². The fourth-order valence-corrected chi connectivity index (χ4v) is 5.69. The summed E-state index contributed by atoms with van der Waals surface area (Å²) in [5.41, 5.74) is 0.995. The zero-order chi connectivity index (χ0) is 26.9. The molecule has 0 aliphatic carbocycles. The minimum Gasteiger partial charge on any atom is -0.389 e. The predicted molar refractivity (Wildman–Crippen MR) is 139 cm³/mol. The fourth-order valence-electron chi connectivity index (χ4n) is 5.69. The number of aliphatic hydroxyl groups excluding tert-OH is 1. The number of likely N-dealkylation sites (tertiary alicyclic amines) is 2. The summed E-state index contributed by atoms with van der Waals surface area (Å²) in [4.78, 5) is 19.5. The quantitative estimate of drug-likeness (QED) is 0.420. The molecule has 1 amide bonds. The molecule has 0 radical (unpaired) electrons. The number of amides is 1. The normalized spacial score (nSPS) is 19.9. The summed E-state index contributed by atoms with van der Waals surface area (Å²) in [6.45, 7) is 2.40. The number of H-pyrrole nitrogens is 1. The van der Waals surface area contributed by atoms with E-state index in [1.165, 1.54) is 18.2 Å². The maximum atomic E-state index is 13.8. The number of β-amino-alcohol motifs (C(OH)–C–C–N with tert-alkyl or cyclic N) is 1. The molecule has 5 rings (SSSR count). The van der Waals surface area contributed by atoms with Crippen LogP contribution in [0.4, 0.5) is 13.2 Å². The van der Waals surface area contributed by atoms with Gasteiger partial charge in [0, 0.05) is 48.9 Å². The number of aromatic amines is 1. The van der Waals surface area contributed by atoms with Crippen molar-refractivity contribution in [2.24, 2.45) is 0 Å². The van der Waals surface area contributed by atoms with Crippen LogP contribution in [0.2, 0.25) is 0 Å². The van der Waals surface area contributed by atoms with Gasteiger partial charge in [0.15, 0.2) is 0 Å².